The van der Waals surface area contributed by atoms with Crippen molar-refractivity contribution in [2.75, 3.05) is 0 Å². The minimum atomic E-state index is -0.554. The van der Waals surface area contributed by atoms with Crippen LogP contribution in [0.15, 0.2) is 231 Å². The predicted molar refractivity (Wildman–Crippen MR) is 277 cm³/mol. The van der Waals surface area contributed by atoms with E-state index in [1.54, 1.807) is 11.3 Å². The first-order chi connectivity index (χ1) is 33.2. The van der Waals surface area contributed by atoms with Crippen LogP contribution in [0.2, 0.25) is 0 Å². The molecule has 2 aromatic heterocycles. The van der Waals surface area contributed by atoms with Gasteiger partial charge in [-0.05, 0) is 103 Å². The number of nitrogens with zero attached hydrogens (tertiary/aromatic N) is 2. The summed E-state index contributed by atoms with van der Waals surface area (Å²) in [6.07, 6.45) is 0. The third kappa shape index (κ3) is 5.76. The lowest BCUT2D eigenvalue weighted by Gasteiger charge is -2.39. The number of hydrogen-bond acceptors (Lipinski definition) is 4. The molecule has 3 nitrogen and oxygen atoms in total. The number of para-hydroxylation sites is 2. The molecule has 4 heteroatoms. The fourth-order valence-corrected chi connectivity index (χ4v) is 12.1. The number of ether oxygens (including phenoxy) is 1. The van der Waals surface area contributed by atoms with Crippen molar-refractivity contribution in [1.29, 1.82) is 0 Å². The maximum Gasteiger partial charge on any atom is 0.160 e. The summed E-state index contributed by atoms with van der Waals surface area (Å²) < 4.78 is 8.96. The molecule has 67 heavy (non-hydrogen) atoms. The number of aromatic nitrogens is 2. The van der Waals surface area contributed by atoms with Gasteiger partial charge in [0.25, 0.3) is 0 Å². The molecule has 0 saturated carbocycles. The van der Waals surface area contributed by atoms with Gasteiger partial charge in [-0.2, -0.15) is 0 Å². The Bertz CT molecular complexity index is 3920. The second-order valence-electron chi connectivity index (χ2n) is 17.6. The maximum atomic E-state index is 6.66. The van der Waals surface area contributed by atoms with E-state index in [0.717, 1.165) is 72.0 Å². The molecule has 0 saturated heterocycles. The second kappa shape index (κ2) is 14.8. The SMILES string of the molecule is c1ccc(-c2cccc(-c3nc(-c4cccc(-c5ccc(-c6ccc7c(c6)C6(c8ccccc8Oc8ccccc86)c6ccc8ccccc8c6-7)cc5)c4)c4sc5ccccc5c4n3)c2)cc1. The molecule has 2 aliphatic rings. The fourth-order valence-electron chi connectivity index (χ4n) is 10.9. The smallest absolute Gasteiger partial charge is 0.160 e. The third-order valence-corrected chi connectivity index (χ3v) is 15.1. The molecule has 312 valence electrons. The van der Waals surface area contributed by atoms with E-state index < -0.39 is 5.41 Å². The molecule has 0 amide bonds. The number of thiophene rings is 1. The van der Waals surface area contributed by atoms with Gasteiger partial charge >= 0.3 is 0 Å². The van der Waals surface area contributed by atoms with Crippen LogP contribution in [0.1, 0.15) is 22.3 Å². The summed E-state index contributed by atoms with van der Waals surface area (Å²) in [6.45, 7) is 0. The van der Waals surface area contributed by atoms with Gasteiger partial charge in [-0.25, -0.2) is 9.97 Å². The summed E-state index contributed by atoms with van der Waals surface area (Å²) in [5, 5.41) is 3.66. The summed E-state index contributed by atoms with van der Waals surface area (Å²) in [4.78, 5) is 10.6. The first-order valence-corrected chi connectivity index (χ1v) is 23.6. The zero-order chi connectivity index (χ0) is 44.1. The molecular formula is C63H38N2OS. The minimum absolute atomic E-state index is 0.554. The first kappa shape index (κ1) is 37.9. The Labute approximate surface area is 391 Å². The Kier molecular flexibility index (Phi) is 8.37. The fraction of sp³-hybridized carbons (Fsp3) is 0.0159. The van der Waals surface area contributed by atoms with E-state index in [1.807, 2.05) is 0 Å². The Balaban J connectivity index is 0.880. The molecule has 0 N–H and O–H groups in total. The number of fused-ring (bicyclic) bond motifs is 14. The summed E-state index contributed by atoms with van der Waals surface area (Å²) in [5.74, 6) is 2.51. The lowest BCUT2D eigenvalue weighted by molar-refractivity contribution is 0.436. The Hall–Kier alpha value is -8.44. The molecule has 14 rings (SSSR count). The van der Waals surface area contributed by atoms with Crippen molar-refractivity contribution >= 4 is 42.4 Å². The van der Waals surface area contributed by atoms with Gasteiger partial charge in [-0.15, -0.1) is 11.3 Å². The zero-order valence-corrected chi connectivity index (χ0v) is 37.0. The molecule has 1 aliphatic carbocycles. The molecular weight excluding hydrogens is 833 g/mol. The Morgan fingerprint density at radius 3 is 1.70 bits per heavy atom. The molecule has 0 atom stereocenters. The first-order valence-electron chi connectivity index (χ1n) is 22.8. The van der Waals surface area contributed by atoms with E-state index in [4.69, 9.17) is 14.7 Å². The van der Waals surface area contributed by atoms with Crippen LogP contribution < -0.4 is 4.74 Å². The van der Waals surface area contributed by atoms with Crippen LogP contribution in [0.3, 0.4) is 0 Å². The molecule has 0 fully saturated rings. The monoisotopic (exact) mass is 870 g/mol. The van der Waals surface area contributed by atoms with E-state index >= 15 is 0 Å². The van der Waals surface area contributed by atoms with Gasteiger partial charge in [-0.1, -0.05) is 194 Å². The molecule has 0 bridgehead atoms. The van der Waals surface area contributed by atoms with E-state index in [9.17, 15) is 0 Å². The zero-order valence-electron chi connectivity index (χ0n) is 36.2. The van der Waals surface area contributed by atoms with E-state index in [1.165, 1.54) is 60.0 Å². The second-order valence-corrected chi connectivity index (χ2v) is 18.6. The maximum absolute atomic E-state index is 6.66. The van der Waals surface area contributed by atoms with Crippen molar-refractivity contribution in [2.24, 2.45) is 0 Å². The van der Waals surface area contributed by atoms with Crippen molar-refractivity contribution in [2.45, 2.75) is 5.41 Å². The van der Waals surface area contributed by atoms with Crippen molar-refractivity contribution in [3.05, 3.63) is 253 Å². The topological polar surface area (TPSA) is 35.0 Å². The van der Waals surface area contributed by atoms with Crippen LogP contribution in [0.4, 0.5) is 0 Å². The van der Waals surface area contributed by atoms with Crippen molar-refractivity contribution < 1.29 is 4.74 Å². The number of rotatable bonds is 5. The number of hydrogen-bond donors (Lipinski definition) is 0. The highest BCUT2D eigenvalue weighted by Crippen LogP contribution is 2.63. The van der Waals surface area contributed by atoms with E-state index in [0.29, 0.717) is 0 Å². The van der Waals surface area contributed by atoms with Crippen molar-refractivity contribution in [3.63, 3.8) is 0 Å². The van der Waals surface area contributed by atoms with Gasteiger partial charge in [-0.3, -0.25) is 0 Å². The van der Waals surface area contributed by atoms with Gasteiger partial charge in [0.1, 0.15) is 11.5 Å². The third-order valence-electron chi connectivity index (χ3n) is 14.0. The Morgan fingerprint density at radius 2 is 0.940 bits per heavy atom. The van der Waals surface area contributed by atoms with Crippen LogP contribution >= 0.6 is 11.3 Å². The summed E-state index contributed by atoms with van der Waals surface area (Å²) in [6, 6.07) is 83.2. The largest absolute Gasteiger partial charge is 0.457 e. The molecule has 0 unspecified atom stereocenters. The van der Waals surface area contributed by atoms with E-state index in [2.05, 4.69) is 231 Å². The summed E-state index contributed by atoms with van der Waals surface area (Å²) in [5.41, 5.74) is 17.8. The molecule has 0 radical (unpaired) electrons. The van der Waals surface area contributed by atoms with Crippen LogP contribution in [0.5, 0.6) is 11.5 Å². The molecule has 3 heterocycles. The highest BCUT2D eigenvalue weighted by molar-refractivity contribution is 7.26. The van der Waals surface area contributed by atoms with Gasteiger partial charge < -0.3 is 4.74 Å². The lowest BCUT2D eigenvalue weighted by atomic mass is 9.66. The average Bonchev–Trinajstić information content (AvgIpc) is 3.92. The lowest BCUT2D eigenvalue weighted by Crippen LogP contribution is -2.32. The van der Waals surface area contributed by atoms with Gasteiger partial charge in [0.15, 0.2) is 5.82 Å². The normalized spacial score (nSPS) is 13.0. The van der Waals surface area contributed by atoms with Crippen LogP contribution in [-0.2, 0) is 5.41 Å². The van der Waals surface area contributed by atoms with Crippen molar-refractivity contribution in [3.8, 4) is 78.7 Å². The highest BCUT2D eigenvalue weighted by atomic mass is 32.1. The van der Waals surface area contributed by atoms with Crippen molar-refractivity contribution in [1.82, 2.24) is 9.97 Å². The quantitative estimate of drug-likeness (QED) is 0.173. The van der Waals surface area contributed by atoms with Crippen LogP contribution in [0.25, 0.3) is 98.2 Å². The molecule has 12 aromatic rings. The van der Waals surface area contributed by atoms with Crippen LogP contribution in [0, 0.1) is 0 Å². The number of benzene rings is 10. The molecule has 1 spiro atoms. The highest BCUT2D eigenvalue weighted by Gasteiger charge is 2.51. The van der Waals surface area contributed by atoms with Crippen LogP contribution in [-0.4, -0.2) is 9.97 Å². The molecule has 1 aliphatic heterocycles. The Morgan fingerprint density at radius 1 is 0.373 bits per heavy atom. The minimum Gasteiger partial charge on any atom is -0.457 e. The predicted octanol–water partition coefficient (Wildman–Crippen LogP) is 16.8. The molecule has 10 aromatic carbocycles. The summed E-state index contributed by atoms with van der Waals surface area (Å²) >= 11 is 1.76. The standard InChI is InChI=1S/C63H38N2OS/c1-2-14-39(15-3-1)44-18-13-20-47(37-44)62-64-59(61-60(65-62)50-22-6-11-27-57(50)67-61)46-19-12-17-43(36-46)40-28-30-41(31-29-40)45-32-34-49-54(38-45)63(53-35-33-42-16-4-5-21-48(42)58(49)53)51-23-7-9-25-55(51)66-56-26-10-8-24-52(56)63/h1-38H. The average molecular weight is 871 g/mol. The van der Waals surface area contributed by atoms with Gasteiger partial charge in [0.05, 0.1) is 21.3 Å². The van der Waals surface area contributed by atoms with Gasteiger partial charge in [0, 0.05) is 32.3 Å². The summed E-state index contributed by atoms with van der Waals surface area (Å²) in [7, 11) is 0. The van der Waals surface area contributed by atoms with E-state index in [-0.39, 0.29) is 0 Å². The van der Waals surface area contributed by atoms with Gasteiger partial charge in [0.2, 0.25) is 0 Å².